The fraction of sp³-hybridized carbons (Fsp3) is 0.118. The van der Waals surface area contributed by atoms with Gasteiger partial charge in [0, 0.05) is 0 Å². The molecule has 0 bridgehead atoms. The van der Waals surface area contributed by atoms with Crippen molar-refractivity contribution in [2.75, 3.05) is 10.6 Å². The van der Waals surface area contributed by atoms with E-state index in [-0.39, 0.29) is 51.1 Å². The van der Waals surface area contributed by atoms with Crippen LogP contribution >= 0.6 is 0 Å². The van der Waals surface area contributed by atoms with E-state index in [9.17, 15) is 28.8 Å². The molecule has 2 amide bonds. The minimum absolute atomic E-state index is 0.0203. The quantitative estimate of drug-likeness (QED) is 0.0857. The highest BCUT2D eigenvalue weighted by Crippen LogP contribution is 2.22. The summed E-state index contributed by atoms with van der Waals surface area (Å²) in [7, 11) is 0. The Labute approximate surface area is 270 Å². The number of aryl methyl sites for hydroxylation is 2. The van der Waals surface area contributed by atoms with Gasteiger partial charge in [0.1, 0.15) is 5.57 Å². The molecule has 14 heteroatoms. The van der Waals surface area contributed by atoms with Crippen LogP contribution in [0.5, 0.6) is 0 Å². The summed E-state index contributed by atoms with van der Waals surface area (Å²) in [4.78, 5) is 75.9. The number of anilines is 2. The zero-order chi connectivity index (χ0) is 34.2. The number of hydrogen-bond donors (Lipinski definition) is 2. The van der Waals surface area contributed by atoms with Gasteiger partial charge in [0.2, 0.25) is 0 Å². The molecule has 0 aliphatic carbocycles. The van der Waals surface area contributed by atoms with E-state index in [4.69, 9.17) is 27.1 Å². The van der Waals surface area contributed by atoms with E-state index in [2.05, 4.69) is 10.6 Å². The van der Waals surface area contributed by atoms with Crippen molar-refractivity contribution < 1.29 is 46.3 Å². The van der Waals surface area contributed by atoms with Gasteiger partial charge in [-0.3, -0.25) is 9.59 Å². The first-order chi connectivity index (χ1) is 23.1. The maximum absolute atomic E-state index is 13.7. The van der Waals surface area contributed by atoms with Crippen molar-refractivity contribution in [2.24, 2.45) is 0 Å². The predicted octanol–water partition coefficient (Wildman–Crippen LogP) is 4.77. The molecule has 5 aromatic rings. The van der Waals surface area contributed by atoms with Crippen molar-refractivity contribution in [3.05, 3.63) is 145 Å². The molecule has 0 atom stereocenters. The molecule has 5 rings (SSSR count). The van der Waals surface area contributed by atoms with Crippen LogP contribution in [0.4, 0.5) is 11.4 Å². The Bertz CT molecular complexity index is 2000. The molecule has 2 aromatic heterocycles. The van der Waals surface area contributed by atoms with Crippen LogP contribution in [0.3, 0.4) is 0 Å². The molecule has 0 unspecified atom stereocenters. The van der Waals surface area contributed by atoms with E-state index >= 15 is 0 Å². The van der Waals surface area contributed by atoms with E-state index in [1.165, 1.54) is 44.2 Å². The second-order valence-corrected chi connectivity index (χ2v) is 9.99. The number of rotatable bonds is 11. The largest absolute Gasteiger partial charge is 0.519 e. The number of nitrogens with one attached hydrogen (secondary N) is 2. The summed E-state index contributed by atoms with van der Waals surface area (Å²) in [6.07, 6.45) is 1.33. The molecule has 2 N–H and O–H groups in total. The van der Waals surface area contributed by atoms with Crippen LogP contribution < -0.4 is 22.3 Å². The molecular weight excluding hydrogens is 628 g/mol. The third kappa shape index (κ3) is 7.92. The maximum Gasteiger partial charge on any atom is 0.519 e. The van der Waals surface area contributed by atoms with Gasteiger partial charge in [0.15, 0.2) is 36.3 Å². The third-order valence-electron chi connectivity index (χ3n) is 6.73. The molecule has 3 aromatic carbocycles. The summed E-state index contributed by atoms with van der Waals surface area (Å²) < 4.78 is 29.8. The van der Waals surface area contributed by atoms with Crippen molar-refractivity contribution in [3.8, 4) is 0 Å². The molecule has 0 saturated heterocycles. The highest BCUT2D eigenvalue weighted by Gasteiger charge is 2.24. The Balaban J connectivity index is 1.36. The van der Waals surface area contributed by atoms with Crippen LogP contribution in [0.25, 0.3) is 6.08 Å². The van der Waals surface area contributed by atoms with Crippen LogP contribution in [0, 0.1) is 13.8 Å². The molecular formula is C34H26N2O12. The molecule has 0 aliphatic rings. The Morgan fingerprint density at radius 2 is 1.02 bits per heavy atom. The number of hydrogen-bond acceptors (Lipinski definition) is 12. The maximum atomic E-state index is 13.7. The van der Waals surface area contributed by atoms with Crippen LogP contribution in [0.15, 0.2) is 112 Å². The van der Waals surface area contributed by atoms with Crippen LogP contribution in [0.1, 0.15) is 49.3 Å². The van der Waals surface area contributed by atoms with Gasteiger partial charge in [-0.1, -0.05) is 54.6 Å². The number of ether oxygens (including phenoxy) is 2. The first-order valence-corrected chi connectivity index (χ1v) is 14.2. The number of benzene rings is 3. The lowest BCUT2D eigenvalue weighted by Gasteiger charge is -2.14. The second kappa shape index (κ2) is 14.6. The Kier molecular flexibility index (Phi) is 9.94. The Morgan fingerprint density at radius 3 is 1.44 bits per heavy atom. The minimum Gasteiger partial charge on any atom is -0.454 e. The Hall–Kier alpha value is -6.70. The first-order valence-electron chi connectivity index (χ1n) is 14.2. The summed E-state index contributed by atoms with van der Waals surface area (Å²) in [6.45, 7) is 2.13. The van der Waals surface area contributed by atoms with Gasteiger partial charge >= 0.3 is 23.6 Å². The average molecular weight is 655 g/mol. The minimum atomic E-state index is -0.944. The van der Waals surface area contributed by atoms with Gasteiger partial charge in [0.25, 0.3) is 11.8 Å². The monoisotopic (exact) mass is 654 g/mol. The normalized spacial score (nSPS) is 10.5. The van der Waals surface area contributed by atoms with E-state index in [0.717, 1.165) is 0 Å². The zero-order valence-electron chi connectivity index (χ0n) is 25.4. The van der Waals surface area contributed by atoms with Gasteiger partial charge in [-0.25, -0.2) is 19.2 Å². The number of para-hydroxylation sites is 2. The number of carbonyl (C=O) groups excluding carboxylic acids is 4. The Morgan fingerprint density at radius 1 is 0.604 bits per heavy atom. The fourth-order valence-electron chi connectivity index (χ4n) is 4.30. The number of amides is 2. The van der Waals surface area contributed by atoms with Gasteiger partial charge in [0.05, 0.1) is 22.5 Å². The van der Waals surface area contributed by atoms with Crippen molar-refractivity contribution in [2.45, 2.75) is 27.1 Å². The summed E-state index contributed by atoms with van der Waals surface area (Å²) in [5.41, 5.74) is 0.0760. The summed E-state index contributed by atoms with van der Waals surface area (Å²) in [6, 6.07) is 20.4. The number of esters is 2. The predicted molar refractivity (Wildman–Crippen MR) is 167 cm³/mol. The molecule has 2 heterocycles. The van der Waals surface area contributed by atoms with E-state index < -0.39 is 48.6 Å². The van der Waals surface area contributed by atoms with Gasteiger partial charge in [-0.2, -0.15) is 0 Å². The molecule has 48 heavy (non-hydrogen) atoms. The number of carbonyl (C=O) groups is 4. The third-order valence-corrected chi connectivity index (χ3v) is 6.73. The lowest BCUT2D eigenvalue weighted by Crippen LogP contribution is -2.27. The first kappa shape index (κ1) is 32.7. The summed E-state index contributed by atoms with van der Waals surface area (Å²) in [5.74, 6) is -5.05. The van der Waals surface area contributed by atoms with Crippen molar-refractivity contribution >= 4 is 41.2 Å². The van der Waals surface area contributed by atoms with Crippen LogP contribution in [0.2, 0.25) is 0 Å². The highest BCUT2D eigenvalue weighted by atomic mass is 16.6. The standard InChI is InChI=1S/C34H26N2O12/c1-19-27(47-33(41)45-19)17-43-31(39)22-12-6-8-14-25(22)35-29(37)24(16-21-10-4-3-5-11-21)30(38)36-26-15-9-7-13-23(26)32(40)44-18-28-20(2)46-34(42)48-28/h3-16H,17-18H2,1-2H3,(H,35,37)(H,36,38). The zero-order valence-corrected chi connectivity index (χ0v) is 25.4. The molecule has 244 valence electrons. The van der Waals surface area contributed by atoms with Crippen molar-refractivity contribution in [1.29, 1.82) is 0 Å². The summed E-state index contributed by atoms with van der Waals surface area (Å²) in [5, 5.41) is 5.16. The van der Waals surface area contributed by atoms with Gasteiger partial charge in [-0.05, 0) is 49.8 Å². The average Bonchev–Trinajstić information content (AvgIpc) is 3.58. The van der Waals surface area contributed by atoms with Crippen molar-refractivity contribution in [1.82, 2.24) is 0 Å². The smallest absolute Gasteiger partial charge is 0.454 e. The molecule has 0 aliphatic heterocycles. The second-order valence-electron chi connectivity index (χ2n) is 9.99. The molecule has 0 radical (unpaired) electrons. The molecule has 0 spiro atoms. The lowest BCUT2D eigenvalue weighted by atomic mass is 10.1. The SMILES string of the molecule is Cc1oc(=O)oc1COC(=O)c1ccccc1NC(=O)C(=Cc1ccccc1)C(=O)Nc1ccccc1C(=O)OCc1oc(=O)oc1C. The van der Waals surface area contributed by atoms with Crippen LogP contribution in [-0.4, -0.2) is 23.8 Å². The van der Waals surface area contributed by atoms with Gasteiger partial charge in [-0.15, -0.1) is 0 Å². The van der Waals surface area contributed by atoms with Gasteiger partial charge < -0.3 is 37.8 Å². The molecule has 14 nitrogen and oxygen atoms in total. The lowest BCUT2D eigenvalue weighted by molar-refractivity contribution is -0.118. The molecule has 0 fully saturated rings. The van der Waals surface area contributed by atoms with E-state index in [1.807, 2.05) is 0 Å². The highest BCUT2D eigenvalue weighted by molar-refractivity contribution is 6.29. The topological polar surface area (TPSA) is 197 Å². The van der Waals surface area contributed by atoms with E-state index in [1.54, 1.807) is 54.6 Å². The summed E-state index contributed by atoms with van der Waals surface area (Å²) >= 11 is 0. The van der Waals surface area contributed by atoms with E-state index in [0.29, 0.717) is 5.56 Å². The van der Waals surface area contributed by atoms with Crippen molar-refractivity contribution in [3.63, 3.8) is 0 Å². The van der Waals surface area contributed by atoms with Crippen LogP contribution in [-0.2, 0) is 32.3 Å². The molecule has 0 saturated carbocycles. The fourth-order valence-corrected chi connectivity index (χ4v) is 4.30.